The predicted molar refractivity (Wildman–Crippen MR) is 58.0 cm³/mol. The third kappa shape index (κ3) is 4.17. The highest BCUT2D eigenvalue weighted by Gasteiger charge is 2.41. The molecule has 0 atom stereocenters. The zero-order valence-corrected chi connectivity index (χ0v) is 11.4. The van der Waals surface area contributed by atoms with Crippen molar-refractivity contribution in [2.75, 3.05) is 0 Å². The van der Waals surface area contributed by atoms with E-state index in [9.17, 15) is 0 Å². The van der Waals surface area contributed by atoms with Crippen LogP contribution in [-0.2, 0) is 29.3 Å². The van der Waals surface area contributed by atoms with E-state index < -0.39 is 17.4 Å². The van der Waals surface area contributed by atoms with Gasteiger partial charge in [-0.05, 0) is 27.7 Å². The largest absolute Gasteiger partial charge is 0.233 e. The van der Waals surface area contributed by atoms with Crippen LogP contribution in [0.15, 0.2) is 0 Å². The molecule has 17 heavy (non-hydrogen) atoms. The van der Waals surface area contributed by atoms with Crippen LogP contribution in [0.1, 0.15) is 54.4 Å². The summed E-state index contributed by atoms with van der Waals surface area (Å²) in [7, 11) is 0. The SMILES string of the molecule is CCC1(CC)OOC(C)(C)OOC(C)(C)OO1. The van der Waals surface area contributed by atoms with E-state index in [-0.39, 0.29) is 0 Å². The van der Waals surface area contributed by atoms with Gasteiger partial charge >= 0.3 is 0 Å². The van der Waals surface area contributed by atoms with Gasteiger partial charge in [-0.25, -0.2) is 0 Å². The Bertz CT molecular complexity index is 224. The highest BCUT2D eigenvalue weighted by molar-refractivity contribution is 4.63. The van der Waals surface area contributed by atoms with E-state index in [1.54, 1.807) is 27.7 Å². The number of hydrogen-bond donors (Lipinski definition) is 0. The Hall–Kier alpha value is -0.240. The molecule has 0 bridgehead atoms. The van der Waals surface area contributed by atoms with Crippen molar-refractivity contribution in [2.45, 2.75) is 71.7 Å². The fraction of sp³-hybridized carbons (Fsp3) is 1.00. The second kappa shape index (κ2) is 5.17. The van der Waals surface area contributed by atoms with E-state index in [1.807, 2.05) is 13.8 Å². The summed E-state index contributed by atoms with van der Waals surface area (Å²) >= 11 is 0. The van der Waals surface area contributed by atoms with E-state index >= 15 is 0 Å². The van der Waals surface area contributed by atoms with Crippen molar-refractivity contribution in [1.29, 1.82) is 0 Å². The van der Waals surface area contributed by atoms with Gasteiger partial charge in [0.05, 0.1) is 0 Å². The van der Waals surface area contributed by atoms with Crippen LogP contribution in [0.2, 0.25) is 0 Å². The van der Waals surface area contributed by atoms with Gasteiger partial charge in [0, 0.05) is 12.8 Å². The third-order valence-electron chi connectivity index (χ3n) is 2.31. The van der Waals surface area contributed by atoms with E-state index in [1.165, 1.54) is 0 Å². The summed E-state index contributed by atoms with van der Waals surface area (Å²) in [5.74, 6) is -3.07. The average Bonchev–Trinajstić information content (AvgIpc) is 2.31. The van der Waals surface area contributed by atoms with Crippen molar-refractivity contribution < 1.29 is 29.3 Å². The predicted octanol–water partition coefficient (Wildman–Crippen LogP) is 2.83. The molecular weight excluding hydrogens is 228 g/mol. The van der Waals surface area contributed by atoms with E-state index in [4.69, 9.17) is 29.3 Å². The van der Waals surface area contributed by atoms with Crippen LogP contribution in [0.25, 0.3) is 0 Å². The van der Waals surface area contributed by atoms with E-state index in [0.29, 0.717) is 12.8 Å². The zero-order chi connectivity index (χ0) is 13.2. The molecule has 102 valence electrons. The van der Waals surface area contributed by atoms with Crippen LogP contribution in [-0.4, -0.2) is 17.4 Å². The van der Waals surface area contributed by atoms with Gasteiger partial charge in [-0.2, -0.15) is 29.3 Å². The third-order valence-corrected chi connectivity index (χ3v) is 2.31. The van der Waals surface area contributed by atoms with E-state index in [2.05, 4.69) is 0 Å². The molecule has 1 aliphatic heterocycles. The van der Waals surface area contributed by atoms with Crippen molar-refractivity contribution in [1.82, 2.24) is 0 Å². The smallest absolute Gasteiger partial charge is 0.196 e. The lowest BCUT2D eigenvalue weighted by Gasteiger charge is -2.30. The lowest BCUT2D eigenvalue weighted by Crippen LogP contribution is -2.39. The van der Waals surface area contributed by atoms with Crippen LogP contribution in [0, 0.1) is 0 Å². The Labute approximate surface area is 102 Å². The summed E-state index contributed by atoms with van der Waals surface area (Å²) in [5.41, 5.74) is 0. The Morgan fingerprint density at radius 1 is 0.588 bits per heavy atom. The number of rotatable bonds is 2. The fourth-order valence-electron chi connectivity index (χ4n) is 1.08. The lowest BCUT2D eigenvalue weighted by atomic mass is 10.1. The summed E-state index contributed by atoms with van der Waals surface area (Å²) in [5, 5.41) is 0. The second-order valence-electron chi connectivity index (χ2n) is 4.92. The van der Waals surface area contributed by atoms with Crippen molar-refractivity contribution in [3.05, 3.63) is 0 Å². The first-order valence-electron chi connectivity index (χ1n) is 5.85. The average molecular weight is 250 g/mol. The van der Waals surface area contributed by atoms with Crippen molar-refractivity contribution in [3.8, 4) is 0 Å². The molecule has 0 unspecified atom stereocenters. The van der Waals surface area contributed by atoms with Crippen LogP contribution >= 0.6 is 0 Å². The maximum absolute atomic E-state index is 5.31. The molecule has 1 rings (SSSR count). The molecule has 0 radical (unpaired) electrons. The summed E-state index contributed by atoms with van der Waals surface area (Å²) in [6.45, 7) is 10.5. The highest BCUT2D eigenvalue weighted by Crippen LogP contribution is 2.31. The molecule has 0 N–H and O–H groups in total. The molecule has 0 spiro atoms. The van der Waals surface area contributed by atoms with Gasteiger partial charge in [-0.15, -0.1) is 0 Å². The monoisotopic (exact) mass is 250 g/mol. The Balaban J connectivity index is 2.85. The van der Waals surface area contributed by atoms with Crippen molar-refractivity contribution in [3.63, 3.8) is 0 Å². The van der Waals surface area contributed by atoms with Gasteiger partial charge in [0.25, 0.3) is 0 Å². The maximum atomic E-state index is 5.31. The minimum Gasteiger partial charge on any atom is -0.196 e. The van der Waals surface area contributed by atoms with Crippen molar-refractivity contribution in [2.24, 2.45) is 0 Å². The van der Waals surface area contributed by atoms with Crippen LogP contribution in [0.5, 0.6) is 0 Å². The molecule has 0 saturated carbocycles. The van der Waals surface area contributed by atoms with Gasteiger partial charge in [-0.3, -0.25) is 0 Å². The highest BCUT2D eigenvalue weighted by atomic mass is 17.4. The summed E-state index contributed by atoms with van der Waals surface area (Å²) in [4.78, 5) is 31.2. The summed E-state index contributed by atoms with van der Waals surface area (Å²) in [6.07, 6.45) is 1.13. The molecule has 6 nitrogen and oxygen atoms in total. The van der Waals surface area contributed by atoms with Gasteiger partial charge in [-0.1, -0.05) is 13.8 Å². The standard InChI is InChI=1S/C11H22O6/c1-7-11(8-2)16-14-9(3,4)12-13-10(5,6)15-17-11/h7-8H2,1-6H3. The summed E-state index contributed by atoms with van der Waals surface area (Å²) in [6, 6.07) is 0. The zero-order valence-electron chi connectivity index (χ0n) is 11.4. The van der Waals surface area contributed by atoms with Gasteiger partial charge in [0.2, 0.25) is 17.4 Å². The normalized spacial score (nSPS) is 27.9. The molecule has 1 saturated heterocycles. The molecule has 1 fully saturated rings. The quantitative estimate of drug-likeness (QED) is 0.702. The molecule has 0 amide bonds. The van der Waals surface area contributed by atoms with Crippen LogP contribution in [0.4, 0.5) is 0 Å². The minimum absolute atomic E-state index is 0.565. The Morgan fingerprint density at radius 2 is 0.882 bits per heavy atom. The van der Waals surface area contributed by atoms with Gasteiger partial charge < -0.3 is 0 Å². The van der Waals surface area contributed by atoms with Crippen molar-refractivity contribution >= 4 is 0 Å². The molecule has 0 aliphatic carbocycles. The first-order chi connectivity index (χ1) is 7.74. The molecule has 0 aromatic carbocycles. The topological polar surface area (TPSA) is 55.4 Å². The molecule has 0 aromatic heterocycles. The lowest BCUT2D eigenvalue weighted by molar-refractivity contribution is -0.545. The fourth-order valence-corrected chi connectivity index (χ4v) is 1.08. The summed E-state index contributed by atoms with van der Waals surface area (Å²) < 4.78 is 0. The molecule has 0 aromatic rings. The Kier molecular flexibility index (Phi) is 4.51. The second-order valence-corrected chi connectivity index (χ2v) is 4.92. The first kappa shape index (κ1) is 14.8. The van der Waals surface area contributed by atoms with Crippen LogP contribution in [0.3, 0.4) is 0 Å². The number of hydrogen-bond acceptors (Lipinski definition) is 6. The minimum atomic E-state index is -1.05. The van der Waals surface area contributed by atoms with Crippen LogP contribution < -0.4 is 0 Å². The van der Waals surface area contributed by atoms with Gasteiger partial charge in [0.15, 0.2) is 0 Å². The van der Waals surface area contributed by atoms with Gasteiger partial charge in [0.1, 0.15) is 0 Å². The van der Waals surface area contributed by atoms with E-state index in [0.717, 1.165) is 0 Å². The molecule has 1 aliphatic rings. The molecule has 6 heteroatoms. The Morgan fingerprint density at radius 3 is 1.18 bits per heavy atom. The molecular formula is C11H22O6. The maximum Gasteiger partial charge on any atom is 0.233 e. The molecule has 1 heterocycles. The first-order valence-corrected chi connectivity index (χ1v) is 5.85.